The second kappa shape index (κ2) is 11.6. The quantitative estimate of drug-likeness (QED) is 0.443. The van der Waals surface area contributed by atoms with Crippen molar-refractivity contribution in [3.8, 4) is 0 Å². The molecule has 2 amide bonds. The molecule has 3 aromatic rings. The molecule has 0 aliphatic rings. The minimum absolute atomic E-state index is 0.0430. The van der Waals surface area contributed by atoms with E-state index in [1.165, 1.54) is 4.90 Å². The van der Waals surface area contributed by atoms with Crippen molar-refractivity contribution in [2.75, 3.05) is 17.1 Å². The van der Waals surface area contributed by atoms with Crippen molar-refractivity contribution in [1.29, 1.82) is 0 Å². The average Bonchev–Trinajstić information content (AvgIpc) is 2.85. The third kappa shape index (κ3) is 6.43. The van der Waals surface area contributed by atoms with Crippen molar-refractivity contribution in [3.05, 3.63) is 77.9 Å². The summed E-state index contributed by atoms with van der Waals surface area (Å²) in [7, 11) is -3.80. The van der Waals surface area contributed by atoms with Crippen LogP contribution in [0.5, 0.6) is 0 Å². The maximum absolute atomic E-state index is 13.8. The van der Waals surface area contributed by atoms with Crippen molar-refractivity contribution in [2.45, 2.75) is 52.7 Å². The van der Waals surface area contributed by atoms with Crippen molar-refractivity contribution < 1.29 is 18.0 Å². The Morgan fingerprint density at radius 1 is 0.944 bits per heavy atom. The molecule has 0 bridgehead atoms. The fraction of sp³-hybridized carbons (Fsp3) is 0.357. The number of amides is 2. The van der Waals surface area contributed by atoms with Crippen molar-refractivity contribution in [3.63, 3.8) is 0 Å². The fourth-order valence-electron chi connectivity index (χ4n) is 4.04. The van der Waals surface area contributed by atoms with Gasteiger partial charge in [-0.1, -0.05) is 67.6 Å². The van der Waals surface area contributed by atoms with Gasteiger partial charge < -0.3 is 10.2 Å². The number of anilines is 1. The van der Waals surface area contributed by atoms with Gasteiger partial charge in [0.05, 0.1) is 11.9 Å². The minimum Gasteiger partial charge on any atom is -0.352 e. The molecule has 0 unspecified atom stereocenters. The normalized spacial score (nSPS) is 13.1. The molecule has 0 aliphatic heterocycles. The molecule has 3 rings (SSSR count). The predicted octanol–water partition coefficient (Wildman–Crippen LogP) is 4.25. The molecule has 0 saturated carbocycles. The van der Waals surface area contributed by atoms with E-state index in [1.54, 1.807) is 19.1 Å². The van der Waals surface area contributed by atoms with Crippen LogP contribution >= 0.6 is 0 Å². The Kier molecular flexibility index (Phi) is 8.74. The van der Waals surface area contributed by atoms with E-state index in [4.69, 9.17) is 0 Å². The Bertz CT molecular complexity index is 1330. The van der Waals surface area contributed by atoms with E-state index in [-0.39, 0.29) is 18.5 Å². The molecular weight excluding hydrogens is 474 g/mol. The van der Waals surface area contributed by atoms with E-state index in [2.05, 4.69) is 5.32 Å². The predicted molar refractivity (Wildman–Crippen MR) is 145 cm³/mol. The van der Waals surface area contributed by atoms with Crippen molar-refractivity contribution in [2.24, 2.45) is 0 Å². The maximum atomic E-state index is 13.8. The van der Waals surface area contributed by atoms with Gasteiger partial charge in [0.1, 0.15) is 12.6 Å². The SMILES string of the molecule is CC[C@H](C)NC(=O)[C@@H](C)N(Cc1ccccc1C)C(=O)CN(c1cccc2ccccc12)S(C)(=O)=O. The zero-order valence-corrected chi connectivity index (χ0v) is 22.4. The Balaban J connectivity index is 2.00. The van der Waals surface area contributed by atoms with E-state index in [9.17, 15) is 18.0 Å². The second-order valence-electron chi connectivity index (χ2n) is 9.21. The molecule has 0 radical (unpaired) electrons. The topological polar surface area (TPSA) is 86.8 Å². The summed E-state index contributed by atoms with van der Waals surface area (Å²) in [5.74, 6) is -0.731. The first-order valence-corrected chi connectivity index (χ1v) is 14.0. The number of fused-ring (bicyclic) bond motifs is 1. The lowest BCUT2D eigenvalue weighted by Crippen LogP contribution is -2.52. The Morgan fingerprint density at radius 2 is 1.58 bits per heavy atom. The zero-order chi connectivity index (χ0) is 26.5. The third-order valence-corrected chi connectivity index (χ3v) is 7.61. The molecule has 8 heteroatoms. The third-order valence-electron chi connectivity index (χ3n) is 6.48. The first kappa shape index (κ1) is 27.2. The van der Waals surface area contributed by atoms with Crippen LogP contribution in [-0.4, -0.2) is 50.0 Å². The number of nitrogens with zero attached hydrogens (tertiary/aromatic N) is 2. The van der Waals surface area contributed by atoms with E-state index >= 15 is 0 Å². The molecule has 36 heavy (non-hydrogen) atoms. The van der Waals surface area contributed by atoms with Crippen LogP contribution in [0.3, 0.4) is 0 Å². The molecule has 0 heterocycles. The Hall–Kier alpha value is -3.39. The summed E-state index contributed by atoms with van der Waals surface area (Å²) in [6.45, 7) is 7.27. The lowest BCUT2D eigenvalue weighted by molar-refractivity contribution is -0.139. The number of nitrogens with one attached hydrogen (secondary N) is 1. The highest BCUT2D eigenvalue weighted by Crippen LogP contribution is 2.28. The molecule has 0 aromatic heterocycles. The number of hydrogen-bond acceptors (Lipinski definition) is 4. The van der Waals surface area contributed by atoms with E-state index in [0.29, 0.717) is 5.69 Å². The minimum atomic E-state index is -3.80. The molecule has 1 N–H and O–H groups in total. The van der Waals surface area contributed by atoms with Gasteiger partial charge >= 0.3 is 0 Å². The molecular formula is C28H35N3O4S. The van der Waals surface area contributed by atoms with Crippen LogP contribution in [0, 0.1) is 6.92 Å². The van der Waals surface area contributed by atoms with Crippen molar-refractivity contribution in [1.82, 2.24) is 10.2 Å². The summed E-state index contributed by atoms with van der Waals surface area (Å²) in [5, 5.41) is 4.54. The summed E-state index contributed by atoms with van der Waals surface area (Å²) in [6, 6.07) is 19.6. The number of benzene rings is 3. The van der Waals surface area contributed by atoms with Gasteiger partial charge in [0.15, 0.2) is 0 Å². The smallest absolute Gasteiger partial charge is 0.244 e. The summed E-state index contributed by atoms with van der Waals surface area (Å²) in [5.41, 5.74) is 2.31. The maximum Gasteiger partial charge on any atom is 0.244 e. The summed E-state index contributed by atoms with van der Waals surface area (Å²) < 4.78 is 26.9. The first-order valence-electron chi connectivity index (χ1n) is 12.1. The van der Waals surface area contributed by atoms with Gasteiger partial charge in [0.25, 0.3) is 0 Å². The van der Waals surface area contributed by atoms with Crippen molar-refractivity contribution >= 4 is 38.3 Å². The summed E-state index contributed by atoms with van der Waals surface area (Å²) in [4.78, 5) is 28.3. The Labute approximate surface area is 214 Å². The molecule has 0 aliphatic carbocycles. The molecule has 2 atom stereocenters. The van der Waals surface area contributed by atoms with Crippen LogP contribution in [0.4, 0.5) is 5.69 Å². The van der Waals surface area contributed by atoms with Crippen LogP contribution in [0.1, 0.15) is 38.3 Å². The van der Waals surface area contributed by atoms with Crippen LogP contribution in [0.2, 0.25) is 0 Å². The van der Waals surface area contributed by atoms with Crippen LogP contribution in [0.25, 0.3) is 10.8 Å². The molecule has 3 aromatic carbocycles. The van der Waals surface area contributed by atoms with Gasteiger partial charge in [-0.25, -0.2) is 8.42 Å². The average molecular weight is 510 g/mol. The van der Waals surface area contributed by atoms with Crippen LogP contribution < -0.4 is 9.62 Å². The second-order valence-corrected chi connectivity index (χ2v) is 11.1. The van der Waals surface area contributed by atoms with E-state index < -0.39 is 28.5 Å². The molecule has 192 valence electrons. The lowest BCUT2D eigenvalue weighted by Gasteiger charge is -2.32. The summed E-state index contributed by atoms with van der Waals surface area (Å²) in [6.07, 6.45) is 1.85. The highest BCUT2D eigenvalue weighted by Gasteiger charge is 2.31. The van der Waals surface area contributed by atoms with Crippen LogP contribution in [0.15, 0.2) is 66.7 Å². The molecule has 7 nitrogen and oxygen atoms in total. The van der Waals surface area contributed by atoms with E-state index in [0.717, 1.165) is 38.9 Å². The number of carbonyl (C=O) groups excluding carboxylic acids is 2. The first-order chi connectivity index (χ1) is 17.0. The zero-order valence-electron chi connectivity index (χ0n) is 21.6. The highest BCUT2D eigenvalue weighted by atomic mass is 32.2. The summed E-state index contributed by atoms with van der Waals surface area (Å²) >= 11 is 0. The lowest BCUT2D eigenvalue weighted by atomic mass is 10.1. The number of hydrogen-bond donors (Lipinski definition) is 1. The van der Waals surface area contributed by atoms with Gasteiger partial charge in [-0.15, -0.1) is 0 Å². The molecule has 0 fully saturated rings. The molecule has 0 spiro atoms. The largest absolute Gasteiger partial charge is 0.352 e. The van der Waals surface area contributed by atoms with Gasteiger partial charge in [0.2, 0.25) is 21.8 Å². The monoisotopic (exact) mass is 509 g/mol. The van der Waals surface area contributed by atoms with Crippen LogP contribution in [-0.2, 0) is 26.2 Å². The number of rotatable bonds is 10. The number of aryl methyl sites for hydroxylation is 1. The highest BCUT2D eigenvalue weighted by molar-refractivity contribution is 7.92. The van der Waals surface area contributed by atoms with Gasteiger partial charge in [-0.3, -0.25) is 13.9 Å². The van der Waals surface area contributed by atoms with E-state index in [1.807, 2.05) is 75.4 Å². The van der Waals surface area contributed by atoms with Gasteiger partial charge in [-0.2, -0.15) is 0 Å². The standard InChI is InChI=1S/C28H35N3O4S/c1-6-21(3)29-28(33)22(4)30(18-24-14-8-7-12-20(24)2)27(32)19-31(36(5,34)35)26-17-11-15-23-13-9-10-16-25(23)26/h7-17,21-22H,6,18-19H2,1-5H3,(H,29,33)/t21-,22+/m0/s1. The number of sulfonamides is 1. The van der Waals surface area contributed by atoms with Gasteiger partial charge in [-0.05, 0) is 49.8 Å². The van der Waals surface area contributed by atoms with Gasteiger partial charge in [0, 0.05) is 18.0 Å². The molecule has 0 saturated heterocycles. The Morgan fingerprint density at radius 3 is 2.25 bits per heavy atom. The number of carbonyl (C=O) groups is 2. The fourth-order valence-corrected chi connectivity index (χ4v) is 4.90.